The van der Waals surface area contributed by atoms with Crippen molar-refractivity contribution in [2.24, 2.45) is 0 Å². The van der Waals surface area contributed by atoms with Crippen LogP contribution in [0.5, 0.6) is 0 Å². The van der Waals surface area contributed by atoms with Crippen molar-refractivity contribution < 1.29 is 4.79 Å². The van der Waals surface area contributed by atoms with E-state index in [-0.39, 0.29) is 24.4 Å². The molecule has 0 saturated carbocycles. The maximum atomic E-state index is 12.0. The van der Waals surface area contributed by atoms with Crippen LogP contribution in [0.3, 0.4) is 0 Å². The fourth-order valence-corrected chi connectivity index (χ4v) is 3.95. The number of nitrogens with one attached hydrogen (secondary N) is 1. The molecule has 3 nitrogen and oxygen atoms in total. The topological polar surface area (TPSA) is 32.3 Å². The molecule has 0 saturated heterocycles. The van der Waals surface area contributed by atoms with Crippen LogP contribution < -0.4 is 5.32 Å². The van der Waals surface area contributed by atoms with Gasteiger partial charge in [-0.1, -0.05) is 104 Å². The Balaban J connectivity index is 0. The molecule has 0 bridgehead atoms. The average molecular weight is 431 g/mol. The van der Waals surface area contributed by atoms with Crippen LogP contribution in [0.25, 0.3) is 0 Å². The maximum absolute atomic E-state index is 12.0. The van der Waals surface area contributed by atoms with Gasteiger partial charge in [0, 0.05) is 17.7 Å². The van der Waals surface area contributed by atoms with Gasteiger partial charge in [-0.05, 0) is 33.9 Å². The molecule has 1 amide bonds. The Hall–Kier alpha value is -0.540. The van der Waals surface area contributed by atoms with Crippen molar-refractivity contribution in [2.45, 2.75) is 129 Å². The highest BCUT2D eigenvalue weighted by Crippen LogP contribution is 2.17. The number of rotatable bonds is 19. The van der Waals surface area contributed by atoms with Crippen LogP contribution in [-0.4, -0.2) is 37.0 Å². The van der Waals surface area contributed by atoms with Crippen molar-refractivity contribution in [1.82, 2.24) is 10.2 Å². The van der Waals surface area contributed by atoms with Crippen LogP contribution in [0, 0.1) is 0 Å². The lowest BCUT2D eigenvalue weighted by atomic mass is 9.97. The van der Waals surface area contributed by atoms with Gasteiger partial charge in [-0.15, -0.1) is 12.4 Å². The minimum absolute atomic E-state index is 0. The molecule has 0 aliphatic carbocycles. The van der Waals surface area contributed by atoms with Crippen LogP contribution in [0.15, 0.2) is 12.2 Å². The molecule has 174 valence electrons. The minimum Gasteiger partial charge on any atom is -0.348 e. The highest BCUT2D eigenvalue weighted by Gasteiger charge is 2.23. The number of nitrogens with zero attached hydrogens (tertiary/aromatic N) is 1. The Morgan fingerprint density at radius 2 is 1.24 bits per heavy atom. The lowest BCUT2D eigenvalue weighted by Gasteiger charge is -2.32. The summed E-state index contributed by atoms with van der Waals surface area (Å²) >= 11 is 0. The number of amides is 1. The van der Waals surface area contributed by atoms with Gasteiger partial charge in [0.05, 0.1) is 0 Å². The summed E-state index contributed by atoms with van der Waals surface area (Å²) in [7, 11) is 4.25. The molecule has 0 aromatic carbocycles. The molecule has 0 aromatic rings. The van der Waals surface area contributed by atoms with Gasteiger partial charge in [0.15, 0.2) is 0 Å². The number of likely N-dealkylation sites (N-methyl/N-ethyl adjacent to an activating group) is 1. The van der Waals surface area contributed by atoms with Crippen LogP contribution >= 0.6 is 12.4 Å². The molecule has 0 aromatic heterocycles. The molecule has 0 aliphatic rings. The Morgan fingerprint density at radius 1 is 0.828 bits per heavy atom. The summed E-state index contributed by atoms with van der Waals surface area (Å²) in [5.41, 5.74) is 0.594. The largest absolute Gasteiger partial charge is 0.348 e. The van der Waals surface area contributed by atoms with E-state index in [4.69, 9.17) is 0 Å². The summed E-state index contributed by atoms with van der Waals surface area (Å²) < 4.78 is 0. The third kappa shape index (κ3) is 16.9. The van der Waals surface area contributed by atoms with Crippen molar-refractivity contribution >= 4 is 18.3 Å². The van der Waals surface area contributed by atoms with Crippen LogP contribution in [0.4, 0.5) is 0 Å². The summed E-state index contributed by atoms with van der Waals surface area (Å²) in [6, 6.07) is 0.609. The zero-order valence-electron chi connectivity index (χ0n) is 20.2. The van der Waals surface area contributed by atoms with Crippen molar-refractivity contribution in [2.75, 3.05) is 14.1 Å². The highest BCUT2D eigenvalue weighted by atomic mass is 35.5. The molecule has 0 fully saturated rings. The quantitative estimate of drug-likeness (QED) is 0.172. The lowest BCUT2D eigenvalue weighted by Crippen LogP contribution is -2.49. The van der Waals surface area contributed by atoms with E-state index >= 15 is 0 Å². The summed E-state index contributed by atoms with van der Waals surface area (Å²) in [6.45, 7) is 9.98. The molecule has 4 heteroatoms. The van der Waals surface area contributed by atoms with E-state index < -0.39 is 0 Å². The maximum Gasteiger partial charge on any atom is 0.246 e. The third-order valence-electron chi connectivity index (χ3n) is 5.88. The normalized spacial score (nSPS) is 13.0. The molecule has 29 heavy (non-hydrogen) atoms. The van der Waals surface area contributed by atoms with Gasteiger partial charge in [-0.3, -0.25) is 4.79 Å². The number of carbonyl (C=O) groups is 1. The molecule has 0 heterocycles. The van der Waals surface area contributed by atoms with E-state index in [1.165, 1.54) is 83.5 Å². The molecule has 0 spiro atoms. The zero-order chi connectivity index (χ0) is 21.2. The smallest absolute Gasteiger partial charge is 0.246 e. The molecular weight excluding hydrogens is 380 g/mol. The van der Waals surface area contributed by atoms with E-state index in [0.717, 1.165) is 12.8 Å². The fraction of sp³-hybridized carbons (Fsp3) is 0.880. The third-order valence-corrected chi connectivity index (χ3v) is 5.88. The van der Waals surface area contributed by atoms with E-state index in [2.05, 4.69) is 44.7 Å². The summed E-state index contributed by atoms with van der Waals surface area (Å²) in [6.07, 6.45) is 20.1. The van der Waals surface area contributed by atoms with E-state index in [1.807, 2.05) is 0 Å². The van der Waals surface area contributed by atoms with Crippen molar-refractivity contribution in [3.05, 3.63) is 12.2 Å². The van der Waals surface area contributed by atoms with E-state index in [9.17, 15) is 4.79 Å². The first-order valence-corrected chi connectivity index (χ1v) is 12.1. The molecule has 1 N–H and O–H groups in total. The van der Waals surface area contributed by atoms with Crippen molar-refractivity contribution in [1.29, 1.82) is 0 Å². The van der Waals surface area contributed by atoms with E-state index in [0.29, 0.717) is 11.6 Å². The fourth-order valence-electron chi connectivity index (χ4n) is 3.95. The van der Waals surface area contributed by atoms with Gasteiger partial charge in [-0.25, -0.2) is 0 Å². The predicted molar refractivity (Wildman–Crippen MR) is 132 cm³/mol. The van der Waals surface area contributed by atoms with Crippen LogP contribution in [0.1, 0.15) is 117 Å². The van der Waals surface area contributed by atoms with Crippen molar-refractivity contribution in [3.63, 3.8) is 0 Å². The number of unbranched alkanes of at least 4 members (excludes halogenated alkanes) is 12. The molecular formula is C25H51ClN2O. The lowest BCUT2D eigenvalue weighted by molar-refractivity contribution is -0.118. The summed E-state index contributed by atoms with van der Waals surface area (Å²) in [4.78, 5) is 14.3. The number of hydrogen-bond donors (Lipinski definition) is 1. The summed E-state index contributed by atoms with van der Waals surface area (Å²) in [5.74, 6) is -0.0101. The number of halogens is 1. The highest BCUT2D eigenvalue weighted by molar-refractivity contribution is 5.92. The Morgan fingerprint density at radius 3 is 1.59 bits per heavy atom. The SMILES string of the molecule is C=C(C)C(=O)NC(CC)C(CCCCCCCCCCCCCCC)N(C)C.Cl. The van der Waals surface area contributed by atoms with Gasteiger partial charge in [0.1, 0.15) is 0 Å². The Bertz CT molecular complexity index is 398. The van der Waals surface area contributed by atoms with Gasteiger partial charge < -0.3 is 10.2 Å². The van der Waals surface area contributed by atoms with E-state index in [1.54, 1.807) is 6.92 Å². The number of hydrogen-bond acceptors (Lipinski definition) is 2. The first-order valence-electron chi connectivity index (χ1n) is 12.1. The Kier molecular flexibility index (Phi) is 21.9. The number of carbonyl (C=O) groups excluding carboxylic acids is 1. The second kappa shape index (κ2) is 20.7. The van der Waals surface area contributed by atoms with Crippen LogP contribution in [0.2, 0.25) is 0 Å². The monoisotopic (exact) mass is 430 g/mol. The zero-order valence-corrected chi connectivity index (χ0v) is 21.0. The van der Waals surface area contributed by atoms with Gasteiger partial charge in [-0.2, -0.15) is 0 Å². The first kappa shape index (κ1) is 30.7. The van der Waals surface area contributed by atoms with Gasteiger partial charge >= 0.3 is 0 Å². The molecule has 0 radical (unpaired) electrons. The van der Waals surface area contributed by atoms with Gasteiger partial charge in [0.25, 0.3) is 0 Å². The standard InChI is InChI=1S/C25H50N2O.ClH/c1-7-9-10-11-12-13-14-15-16-17-18-19-20-21-24(27(5)6)23(8-2)26-25(28)22(3)4;/h23-24H,3,7-21H2,1-2,4-6H3,(H,26,28);1H. The molecule has 2 unspecified atom stereocenters. The average Bonchev–Trinajstić information content (AvgIpc) is 2.66. The Labute approximate surface area is 188 Å². The molecule has 0 aliphatic heterocycles. The molecule has 2 atom stereocenters. The second-order valence-electron chi connectivity index (χ2n) is 8.83. The predicted octanol–water partition coefficient (Wildman–Crippen LogP) is 7.29. The second-order valence-corrected chi connectivity index (χ2v) is 8.83. The molecule has 0 rings (SSSR count). The first-order chi connectivity index (χ1) is 13.4. The van der Waals surface area contributed by atoms with Gasteiger partial charge in [0.2, 0.25) is 5.91 Å². The van der Waals surface area contributed by atoms with Crippen molar-refractivity contribution in [3.8, 4) is 0 Å². The summed E-state index contributed by atoms with van der Waals surface area (Å²) in [5, 5.41) is 3.16. The van der Waals surface area contributed by atoms with Crippen LogP contribution in [-0.2, 0) is 4.79 Å². The minimum atomic E-state index is -0.0101.